The fourth-order valence-corrected chi connectivity index (χ4v) is 3.70. The van der Waals surface area contributed by atoms with Gasteiger partial charge in [-0.3, -0.25) is 9.69 Å². The van der Waals surface area contributed by atoms with Gasteiger partial charge in [-0.25, -0.2) is 0 Å². The second kappa shape index (κ2) is 7.97. The summed E-state index contributed by atoms with van der Waals surface area (Å²) in [6, 6.07) is 4.34. The van der Waals surface area contributed by atoms with E-state index in [0.29, 0.717) is 25.5 Å². The molecule has 0 spiro atoms. The van der Waals surface area contributed by atoms with E-state index in [0.717, 1.165) is 25.6 Å². The lowest BCUT2D eigenvalue weighted by Gasteiger charge is -2.32. The summed E-state index contributed by atoms with van der Waals surface area (Å²) in [7, 11) is 1.66. The van der Waals surface area contributed by atoms with E-state index in [1.165, 1.54) is 31.5 Å². The molecular weight excluding hydrogens is 290 g/mol. The number of carbonyl (C=O) groups excluding carboxylic acids is 1. The number of ether oxygens (including phenoxy) is 1. The molecule has 3 rings (SSSR count). The van der Waals surface area contributed by atoms with Gasteiger partial charge in [-0.1, -0.05) is 6.42 Å². The number of nitrogens with one attached hydrogen (secondary N) is 1. The van der Waals surface area contributed by atoms with Crippen LogP contribution in [0.15, 0.2) is 18.3 Å². The SMILES string of the molecule is COCCNC(=O)CC1CN(CC2CCC2)Cc2cccn2C1. The zero-order valence-electron chi connectivity index (χ0n) is 14.2. The first-order valence-electron chi connectivity index (χ1n) is 8.86. The molecule has 1 saturated carbocycles. The van der Waals surface area contributed by atoms with Crippen molar-refractivity contribution >= 4 is 5.91 Å². The number of aromatic nitrogens is 1. The third-order valence-electron chi connectivity index (χ3n) is 5.12. The molecule has 5 nitrogen and oxygen atoms in total. The Hall–Kier alpha value is -1.33. The quantitative estimate of drug-likeness (QED) is 0.781. The molecule has 128 valence electrons. The standard InChI is InChI=1S/C18H29N3O2/c1-23-9-7-19-18(22)10-16-12-20(11-15-4-2-5-15)14-17-6-3-8-21(17)13-16/h3,6,8,15-16H,2,4-5,7,9-14H2,1H3,(H,19,22). The minimum atomic E-state index is 0.145. The first-order chi connectivity index (χ1) is 11.2. The Labute approximate surface area is 139 Å². The van der Waals surface area contributed by atoms with Gasteiger partial charge in [0.1, 0.15) is 0 Å². The number of hydrogen-bond acceptors (Lipinski definition) is 3. The summed E-state index contributed by atoms with van der Waals surface area (Å²) in [5, 5.41) is 2.96. The maximum absolute atomic E-state index is 12.2. The van der Waals surface area contributed by atoms with Crippen molar-refractivity contribution in [2.45, 2.75) is 38.8 Å². The van der Waals surface area contributed by atoms with E-state index < -0.39 is 0 Å². The fraction of sp³-hybridized carbons (Fsp3) is 0.722. The minimum Gasteiger partial charge on any atom is -0.383 e. The Kier molecular flexibility index (Phi) is 5.73. The van der Waals surface area contributed by atoms with Crippen LogP contribution in [0.1, 0.15) is 31.4 Å². The van der Waals surface area contributed by atoms with Crippen molar-refractivity contribution in [2.24, 2.45) is 11.8 Å². The van der Waals surface area contributed by atoms with Gasteiger partial charge in [0.15, 0.2) is 0 Å². The van der Waals surface area contributed by atoms with Crippen molar-refractivity contribution in [2.75, 3.05) is 33.4 Å². The van der Waals surface area contributed by atoms with Gasteiger partial charge in [-0.15, -0.1) is 0 Å². The lowest BCUT2D eigenvalue weighted by Crippen LogP contribution is -2.37. The van der Waals surface area contributed by atoms with E-state index in [-0.39, 0.29) is 5.91 Å². The Morgan fingerprint density at radius 3 is 2.96 bits per heavy atom. The van der Waals surface area contributed by atoms with Gasteiger partial charge in [0.25, 0.3) is 0 Å². The Morgan fingerprint density at radius 2 is 2.22 bits per heavy atom. The van der Waals surface area contributed by atoms with Gasteiger partial charge in [-0.05, 0) is 36.8 Å². The molecule has 1 aromatic rings. The molecule has 1 aliphatic heterocycles. The second-order valence-corrected chi connectivity index (χ2v) is 7.06. The summed E-state index contributed by atoms with van der Waals surface area (Å²) in [6.07, 6.45) is 6.89. The van der Waals surface area contributed by atoms with Crippen LogP contribution in [0.2, 0.25) is 0 Å². The van der Waals surface area contributed by atoms with Crippen molar-refractivity contribution in [3.8, 4) is 0 Å². The lowest BCUT2D eigenvalue weighted by molar-refractivity contribution is -0.122. The van der Waals surface area contributed by atoms with Crippen molar-refractivity contribution < 1.29 is 9.53 Å². The highest BCUT2D eigenvalue weighted by Gasteiger charge is 2.27. The van der Waals surface area contributed by atoms with Crippen molar-refractivity contribution in [1.29, 1.82) is 0 Å². The largest absolute Gasteiger partial charge is 0.383 e. The summed E-state index contributed by atoms with van der Waals surface area (Å²) in [4.78, 5) is 14.7. The topological polar surface area (TPSA) is 46.5 Å². The molecule has 1 atom stereocenters. The monoisotopic (exact) mass is 319 g/mol. The van der Waals surface area contributed by atoms with Crippen LogP contribution in [0.3, 0.4) is 0 Å². The number of rotatable bonds is 7. The average molecular weight is 319 g/mol. The number of fused-ring (bicyclic) bond motifs is 1. The molecule has 0 radical (unpaired) electrons. The van der Waals surface area contributed by atoms with Crippen LogP contribution in [0.4, 0.5) is 0 Å². The Balaban J connectivity index is 1.58. The van der Waals surface area contributed by atoms with Gasteiger partial charge >= 0.3 is 0 Å². The molecule has 1 fully saturated rings. The summed E-state index contributed by atoms with van der Waals surface area (Å²) in [5.41, 5.74) is 1.38. The molecule has 23 heavy (non-hydrogen) atoms. The van der Waals surface area contributed by atoms with E-state index in [9.17, 15) is 4.79 Å². The third-order valence-corrected chi connectivity index (χ3v) is 5.12. The molecular formula is C18H29N3O2. The number of hydrogen-bond donors (Lipinski definition) is 1. The van der Waals surface area contributed by atoms with Crippen molar-refractivity contribution in [3.05, 3.63) is 24.0 Å². The highest BCUT2D eigenvalue weighted by atomic mass is 16.5. The first kappa shape index (κ1) is 16.5. The molecule has 2 heterocycles. The molecule has 1 aliphatic carbocycles. The molecule has 1 unspecified atom stereocenters. The summed E-state index contributed by atoms with van der Waals surface area (Å²) < 4.78 is 7.32. The van der Waals surface area contributed by atoms with Crippen LogP contribution >= 0.6 is 0 Å². The highest BCUT2D eigenvalue weighted by Crippen LogP contribution is 2.29. The van der Waals surface area contributed by atoms with E-state index >= 15 is 0 Å². The molecule has 5 heteroatoms. The third kappa shape index (κ3) is 4.58. The summed E-state index contributed by atoms with van der Waals surface area (Å²) in [5.74, 6) is 1.39. The predicted octanol–water partition coefficient (Wildman–Crippen LogP) is 1.87. The highest BCUT2D eigenvalue weighted by molar-refractivity contribution is 5.76. The lowest BCUT2D eigenvalue weighted by atomic mass is 9.85. The van der Waals surface area contributed by atoms with E-state index in [1.54, 1.807) is 7.11 Å². The Morgan fingerprint density at radius 1 is 1.35 bits per heavy atom. The zero-order chi connectivity index (χ0) is 16.1. The number of amides is 1. The molecule has 1 N–H and O–H groups in total. The zero-order valence-corrected chi connectivity index (χ0v) is 14.2. The molecule has 1 aromatic heterocycles. The van der Waals surface area contributed by atoms with Crippen LogP contribution in [0, 0.1) is 11.8 Å². The fourth-order valence-electron chi connectivity index (χ4n) is 3.70. The molecule has 1 amide bonds. The molecule has 0 bridgehead atoms. The van der Waals surface area contributed by atoms with Gasteiger partial charge in [0, 0.05) is 58.1 Å². The summed E-state index contributed by atoms with van der Waals surface area (Å²) in [6.45, 7) is 5.35. The second-order valence-electron chi connectivity index (χ2n) is 7.06. The maximum atomic E-state index is 12.2. The number of methoxy groups -OCH3 is 1. The first-order valence-corrected chi connectivity index (χ1v) is 8.86. The van der Waals surface area contributed by atoms with Crippen LogP contribution in [0.25, 0.3) is 0 Å². The molecule has 0 saturated heterocycles. The minimum absolute atomic E-state index is 0.145. The summed E-state index contributed by atoms with van der Waals surface area (Å²) >= 11 is 0. The van der Waals surface area contributed by atoms with Gasteiger partial charge in [0.2, 0.25) is 5.91 Å². The van der Waals surface area contributed by atoms with E-state index in [1.807, 2.05) is 0 Å². The molecule has 2 aliphatic rings. The molecule has 0 aromatic carbocycles. The van der Waals surface area contributed by atoms with Crippen LogP contribution in [-0.2, 0) is 22.6 Å². The number of nitrogens with zero attached hydrogens (tertiary/aromatic N) is 2. The number of carbonyl (C=O) groups is 1. The van der Waals surface area contributed by atoms with E-state index in [4.69, 9.17) is 4.74 Å². The van der Waals surface area contributed by atoms with Gasteiger partial charge in [0.05, 0.1) is 6.61 Å². The Bertz CT molecular complexity index is 510. The van der Waals surface area contributed by atoms with Crippen LogP contribution < -0.4 is 5.32 Å². The van der Waals surface area contributed by atoms with E-state index in [2.05, 4.69) is 33.1 Å². The van der Waals surface area contributed by atoms with Crippen LogP contribution in [0.5, 0.6) is 0 Å². The van der Waals surface area contributed by atoms with Gasteiger partial charge in [-0.2, -0.15) is 0 Å². The maximum Gasteiger partial charge on any atom is 0.220 e. The van der Waals surface area contributed by atoms with Crippen molar-refractivity contribution in [3.63, 3.8) is 0 Å². The van der Waals surface area contributed by atoms with Gasteiger partial charge < -0.3 is 14.6 Å². The van der Waals surface area contributed by atoms with Crippen molar-refractivity contribution in [1.82, 2.24) is 14.8 Å². The normalized spacial score (nSPS) is 22.2. The van der Waals surface area contributed by atoms with Crippen LogP contribution in [-0.4, -0.2) is 48.7 Å². The average Bonchev–Trinajstić information content (AvgIpc) is 2.83. The predicted molar refractivity (Wildman–Crippen MR) is 90.0 cm³/mol. The smallest absolute Gasteiger partial charge is 0.220 e.